The van der Waals surface area contributed by atoms with Crippen molar-refractivity contribution in [3.63, 3.8) is 0 Å². The molecule has 0 aliphatic carbocycles. The second kappa shape index (κ2) is 15.5. The fourth-order valence-corrected chi connectivity index (χ4v) is 2.59. The molecule has 26 heavy (non-hydrogen) atoms. The van der Waals surface area contributed by atoms with Crippen molar-refractivity contribution in [3.05, 3.63) is 0 Å². The lowest BCUT2D eigenvalue weighted by Crippen LogP contribution is -2.29. The lowest BCUT2D eigenvalue weighted by Gasteiger charge is -2.10. The number of thioether (sulfide) groups is 1. The highest BCUT2D eigenvalue weighted by atomic mass is 32.2. The zero-order chi connectivity index (χ0) is 19.8. The molecule has 0 aliphatic rings. The third-order valence-electron chi connectivity index (χ3n) is 3.58. The van der Waals surface area contributed by atoms with E-state index in [0.29, 0.717) is 6.54 Å². The first kappa shape index (κ1) is 24.2. The number of hydrogen-bond acceptors (Lipinski definition) is 6. The maximum Gasteiger partial charge on any atom is 0.433 e. The van der Waals surface area contributed by atoms with Crippen LogP contribution in [0.3, 0.4) is 0 Å². The molecule has 0 atom stereocenters. The van der Waals surface area contributed by atoms with Crippen LogP contribution < -0.4 is 5.32 Å². The van der Waals surface area contributed by atoms with Crippen molar-refractivity contribution in [1.29, 1.82) is 0 Å². The minimum absolute atomic E-state index is 0.119. The zero-order valence-corrected chi connectivity index (χ0v) is 16.8. The Labute approximate surface area is 159 Å². The van der Waals surface area contributed by atoms with Crippen molar-refractivity contribution in [2.24, 2.45) is 5.16 Å². The van der Waals surface area contributed by atoms with Gasteiger partial charge in [-0.1, -0.05) is 43.7 Å². The zero-order valence-electron chi connectivity index (χ0n) is 16.0. The van der Waals surface area contributed by atoms with E-state index in [2.05, 4.69) is 10.5 Å². The molecule has 0 aliphatic heterocycles. The Morgan fingerprint density at radius 1 is 1.00 bits per heavy atom. The standard InChI is InChI=1S/C17H31N3O5S/c1-20(2)16(23)15(26-3)19-25-17(24)18-13-11-9-7-5-4-6-8-10-12-14(21)22/h4-13H2,1-3H3,(H,18,24)(H,21,22)/b19-15-. The summed E-state index contributed by atoms with van der Waals surface area (Å²) in [6.07, 6.45) is 9.24. The van der Waals surface area contributed by atoms with E-state index in [1.54, 1.807) is 20.4 Å². The molecule has 0 rings (SSSR count). The number of rotatable bonds is 12. The predicted octanol–water partition coefficient (Wildman–Crippen LogP) is 3.07. The van der Waals surface area contributed by atoms with Crippen LogP contribution in [0.1, 0.15) is 57.8 Å². The molecule has 0 aromatic rings. The normalized spacial score (nSPS) is 11.1. The molecular formula is C17H31N3O5S. The first-order valence-corrected chi connectivity index (χ1v) is 10.1. The number of carboxylic acid groups (broad SMARTS) is 1. The molecule has 9 heteroatoms. The van der Waals surface area contributed by atoms with E-state index in [1.165, 1.54) is 4.90 Å². The number of nitrogens with one attached hydrogen (secondary N) is 1. The number of unbranched alkanes of at least 4 members (excludes halogenated alkanes) is 7. The number of amides is 2. The van der Waals surface area contributed by atoms with Gasteiger partial charge in [-0.2, -0.15) is 0 Å². The first-order chi connectivity index (χ1) is 12.4. The van der Waals surface area contributed by atoms with E-state index in [1.807, 2.05) is 0 Å². The number of carbonyl (C=O) groups is 3. The summed E-state index contributed by atoms with van der Waals surface area (Å²) in [5.74, 6) is -1.04. The third-order valence-corrected chi connectivity index (χ3v) is 4.22. The van der Waals surface area contributed by atoms with Gasteiger partial charge >= 0.3 is 12.1 Å². The van der Waals surface area contributed by atoms with Crippen molar-refractivity contribution in [1.82, 2.24) is 10.2 Å². The fourth-order valence-electron chi connectivity index (χ4n) is 2.12. The molecule has 150 valence electrons. The molecule has 0 fully saturated rings. The summed E-state index contributed by atoms with van der Waals surface area (Å²) in [5.41, 5.74) is 0. The monoisotopic (exact) mass is 389 g/mol. The Bertz CT molecular complexity index is 469. The largest absolute Gasteiger partial charge is 0.481 e. The molecule has 0 saturated carbocycles. The third kappa shape index (κ3) is 13.5. The van der Waals surface area contributed by atoms with Crippen LogP contribution in [-0.2, 0) is 14.4 Å². The van der Waals surface area contributed by atoms with Gasteiger partial charge in [0, 0.05) is 27.1 Å². The summed E-state index contributed by atoms with van der Waals surface area (Å²) in [6, 6.07) is 0. The van der Waals surface area contributed by atoms with Crippen LogP contribution >= 0.6 is 11.8 Å². The summed E-state index contributed by atoms with van der Waals surface area (Å²) < 4.78 is 0. The quantitative estimate of drug-likeness (QED) is 0.175. The fraction of sp³-hybridized carbons (Fsp3) is 0.765. The number of carbonyl (C=O) groups excluding carboxylic acids is 2. The van der Waals surface area contributed by atoms with Gasteiger partial charge in [-0.05, 0) is 19.1 Å². The van der Waals surface area contributed by atoms with Gasteiger partial charge < -0.3 is 15.3 Å². The Kier molecular flexibility index (Phi) is 14.4. The molecule has 0 saturated heterocycles. The highest BCUT2D eigenvalue weighted by molar-refractivity contribution is 8.15. The highest BCUT2D eigenvalue weighted by Gasteiger charge is 2.14. The van der Waals surface area contributed by atoms with E-state index in [0.717, 1.165) is 63.1 Å². The first-order valence-electron chi connectivity index (χ1n) is 8.88. The predicted molar refractivity (Wildman–Crippen MR) is 103 cm³/mol. The second-order valence-corrected chi connectivity index (χ2v) is 6.87. The molecule has 0 bridgehead atoms. The Morgan fingerprint density at radius 3 is 2.04 bits per heavy atom. The molecule has 8 nitrogen and oxygen atoms in total. The van der Waals surface area contributed by atoms with E-state index in [4.69, 9.17) is 9.94 Å². The van der Waals surface area contributed by atoms with Crippen molar-refractivity contribution in [2.75, 3.05) is 26.9 Å². The second-order valence-electron chi connectivity index (χ2n) is 6.08. The van der Waals surface area contributed by atoms with E-state index >= 15 is 0 Å². The van der Waals surface area contributed by atoms with Gasteiger partial charge in [0.15, 0.2) is 0 Å². The van der Waals surface area contributed by atoms with Crippen molar-refractivity contribution < 1.29 is 24.3 Å². The summed E-state index contributed by atoms with van der Waals surface area (Å²) in [5, 5.41) is 14.8. The Hall–Kier alpha value is -1.77. The lowest BCUT2D eigenvalue weighted by atomic mass is 10.1. The van der Waals surface area contributed by atoms with Crippen LogP contribution in [0, 0.1) is 0 Å². The van der Waals surface area contributed by atoms with Gasteiger partial charge in [0.1, 0.15) is 0 Å². The Morgan fingerprint density at radius 2 is 1.54 bits per heavy atom. The molecule has 0 heterocycles. The SMILES string of the molecule is CS/C(=N\OC(=O)NCCCCCCCCCCC(=O)O)C(=O)N(C)C. The van der Waals surface area contributed by atoms with E-state index in [-0.39, 0.29) is 17.4 Å². The number of nitrogens with zero attached hydrogens (tertiary/aromatic N) is 2. The number of carboxylic acids is 1. The molecule has 2 amide bonds. The number of oxime groups is 1. The summed E-state index contributed by atoms with van der Waals surface area (Å²) in [7, 11) is 3.20. The van der Waals surface area contributed by atoms with Gasteiger partial charge in [-0.15, -0.1) is 11.8 Å². The topological polar surface area (TPSA) is 108 Å². The van der Waals surface area contributed by atoms with E-state index < -0.39 is 12.1 Å². The van der Waals surface area contributed by atoms with Crippen LogP contribution in [0.25, 0.3) is 0 Å². The molecule has 0 aromatic carbocycles. The van der Waals surface area contributed by atoms with Crippen molar-refractivity contribution in [3.8, 4) is 0 Å². The van der Waals surface area contributed by atoms with Crippen molar-refractivity contribution >= 4 is 34.8 Å². The average Bonchev–Trinajstić information content (AvgIpc) is 2.59. The smallest absolute Gasteiger partial charge is 0.433 e. The number of aliphatic carboxylic acids is 1. The molecule has 0 radical (unpaired) electrons. The maximum absolute atomic E-state index is 11.7. The van der Waals surface area contributed by atoms with Gasteiger partial charge in [0.25, 0.3) is 5.91 Å². The Balaban J connectivity index is 3.62. The number of hydrogen-bond donors (Lipinski definition) is 2. The van der Waals surface area contributed by atoms with Crippen LogP contribution in [0.4, 0.5) is 4.79 Å². The summed E-state index contributed by atoms with van der Waals surface area (Å²) >= 11 is 1.12. The maximum atomic E-state index is 11.7. The van der Waals surface area contributed by atoms with Gasteiger partial charge in [0.05, 0.1) is 0 Å². The van der Waals surface area contributed by atoms with Crippen LogP contribution in [-0.4, -0.2) is 59.9 Å². The van der Waals surface area contributed by atoms with Gasteiger partial charge in [0.2, 0.25) is 5.04 Å². The van der Waals surface area contributed by atoms with Gasteiger partial charge in [-0.3, -0.25) is 14.4 Å². The van der Waals surface area contributed by atoms with Gasteiger partial charge in [-0.25, -0.2) is 4.79 Å². The lowest BCUT2D eigenvalue weighted by molar-refractivity contribution is -0.137. The van der Waals surface area contributed by atoms with Crippen LogP contribution in [0.2, 0.25) is 0 Å². The minimum atomic E-state index is -0.726. The molecule has 0 spiro atoms. The van der Waals surface area contributed by atoms with Crippen LogP contribution in [0.15, 0.2) is 5.16 Å². The highest BCUT2D eigenvalue weighted by Crippen LogP contribution is 2.09. The van der Waals surface area contributed by atoms with E-state index in [9.17, 15) is 14.4 Å². The average molecular weight is 390 g/mol. The molecule has 2 N–H and O–H groups in total. The summed E-state index contributed by atoms with van der Waals surface area (Å²) in [6.45, 7) is 0.503. The molecule has 0 unspecified atom stereocenters. The minimum Gasteiger partial charge on any atom is -0.481 e. The molecule has 0 aromatic heterocycles. The molecular weight excluding hydrogens is 358 g/mol. The summed E-state index contributed by atoms with van der Waals surface area (Å²) in [4.78, 5) is 39.6. The van der Waals surface area contributed by atoms with Crippen LogP contribution in [0.5, 0.6) is 0 Å². The van der Waals surface area contributed by atoms with Crippen molar-refractivity contribution in [2.45, 2.75) is 57.8 Å².